The fourth-order valence-electron chi connectivity index (χ4n) is 3.54. The number of piperazine rings is 1. The van der Waals surface area contributed by atoms with Crippen molar-refractivity contribution in [2.75, 3.05) is 54.0 Å². The van der Waals surface area contributed by atoms with E-state index in [-0.39, 0.29) is 5.82 Å². The van der Waals surface area contributed by atoms with Crippen LogP contribution in [0.1, 0.15) is 18.5 Å². The molecule has 26 heavy (non-hydrogen) atoms. The molecular formula is C18H22ClFN6. The van der Waals surface area contributed by atoms with Crippen molar-refractivity contribution >= 4 is 29.2 Å². The molecule has 0 radical (unpaired) electrons. The van der Waals surface area contributed by atoms with Gasteiger partial charge in [-0.15, -0.1) is 0 Å². The van der Waals surface area contributed by atoms with Gasteiger partial charge in [-0.2, -0.15) is 4.98 Å². The van der Waals surface area contributed by atoms with E-state index in [1.54, 1.807) is 0 Å². The molecular weight excluding hydrogens is 355 g/mol. The number of halogens is 2. The monoisotopic (exact) mass is 376 g/mol. The van der Waals surface area contributed by atoms with E-state index in [2.05, 4.69) is 25.8 Å². The van der Waals surface area contributed by atoms with Crippen molar-refractivity contribution in [1.82, 2.24) is 15.0 Å². The van der Waals surface area contributed by atoms with Gasteiger partial charge in [0.2, 0.25) is 5.95 Å². The van der Waals surface area contributed by atoms with E-state index in [1.807, 2.05) is 11.8 Å². The highest BCUT2D eigenvalue weighted by molar-refractivity contribution is 6.30. The van der Waals surface area contributed by atoms with E-state index in [0.29, 0.717) is 23.9 Å². The van der Waals surface area contributed by atoms with Gasteiger partial charge in [0.15, 0.2) is 11.6 Å². The largest absolute Gasteiger partial charge is 0.356 e. The van der Waals surface area contributed by atoms with Gasteiger partial charge >= 0.3 is 0 Å². The molecule has 2 aromatic rings. The molecule has 0 aliphatic carbocycles. The van der Waals surface area contributed by atoms with Gasteiger partial charge in [-0.05, 0) is 25.8 Å². The third-order valence-electron chi connectivity index (χ3n) is 4.91. The summed E-state index contributed by atoms with van der Waals surface area (Å²) >= 11 is 5.79. The van der Waals surface area contributed by atoms with E-state index in [9.17, 15) is 4.39 Å². The Morgan fingerprint density at radius 2 is 1.62 bits per heavy atom. The predicted octanol–water partition coefficient (Wildman–Crippen LogP) is 2.90. The van der Waals surface area contributed by atoms with Crippen LogP contribution in [-0.4, -0.2) is 54.2 Å². The number of anilines is 3. The first kappa shape index (κ1) is 17.3. The Balaban J connectivity index is 1.47. The topological polar surface area (TPSA) is 48.4 Å². The molecule has 4 rings (SSSR count). The van der Waals surface area contributed by atoms with Gasteiger partial charge in [-0.3, -0.25) is 0 Å². The zero-order valence-corrected chi connectivity index (χ0v) is 15.6. The fourth-order valence-corrected chi connectivity index (χ4v) is 3.69. The summed E-state index contributed by atoms with van der Waals surface area (Å²) in [6.45, 7) is 6.92. The number of aryl methyl sites for hydroxylation is 1. The SMILES string of the molecule is Cc1cc(N2CCCC2)nc(N2CCN(c3ncc(Cl)cc3F)CC2)n1. The van der Waals surface area contributed by atoms with Crippen molar-refractivity contribution in [2.45, 2.75) is 19.8 Å². The first-order valence-electron chi connectivity index (χ1n) is 9.02. The summed E-state index contributed by atoms with van der Waals surface area (Å²) in [4.78, 5) is 20.0. The molecule has 0 amide bonds. The summed E-state index contributed by atoms with van der Waals surface area (Å²) in [5.74, 6) is 1.75. The number of nitrogens with zero attached hydrogens (tertiary/aromatic N) is 6. The molecule has 0 unspecified atom stereocenters. The Morgan fingerprint density at radius 3 is 2.31 bits per heavy atom. The third kappa shape index (κ3) is 3.53. The molecule has 0 atom stereocenters. The average Bonchev–Trinajstić information content (AvgIpc) is 3.16. The highest BCUT2D eigenvalue weighted by Gasteiger charge is 2.23. The molecule has 0 bridgehead atoms. The predicted molar refractivity (Wildman–Crippen MR) is 102 cm³/mol. The molecule has 8 heteroatoms. The molecule has 0 N–H and O–H groups in total. The fraction of sp³-hybridized carbons (Fsp3) is 0.500. The van der Waals surface area contributed by atoms with Crippen molar-refractivity contribution in [3.63, 3.8) is 0 Å². The lowest BCUT2D eigenvalue weighted by Gasteiger charge is -2.35. The lowest BCUT2D eigenvalue weighted by molar-refractivity contribution is 0.584. The Hall–Kier alpha value is -2.15. The zero-order valence-electron chi connectivity index (χ0n) is 14.8. The maximum atomic E-state index is 14.1. The van der Waals surface area contributed by atoms with E-state index >= 15 is 0 Å². The molecule has 6 nitrogen and oxygen atoms in total. The van der Waals surface area contributed by atoms with E-state index in [4.69, 9.17) is 16.6 Å². The molecule has 0 saturated carbocycles. The van der Waals surface area contributed by atoms with Gasteiger partial charge in [0.25, 0.3) is 0 Å². The molecule has 2 aliphatic rings. The van der Waals surface area contributed by atoms with Crippen molar-refractivity contribution in [1.29, 1.82) is 0 Å². The van der Waals surface area contributed by atoms with Gasteiger partial charge in [0.05, 0.1) is 5.02 Å². The van der Waals surface area contributed by atoms with Crippen LogP contribution in [0.3, 0.4) is 0 Å². The van der Waals surface area contributed by atoms with Crippen LogP contribution in [-0.2, 0) is 0 Å². The van der Waals surface area contributed by atoms with E-state index in [0.717, 1.165) is 43.6 Å². The number of hydrogen-bond donors (Lipinski definition) is 0. The van der Waals surface area contributed by atoms with Crippen molar-refractivity contribution in [3.8, 4) is 0 Å². The van der Waals surface area contributed by atoms with Crippen LogP contribution in [0.15, 0.2) is 18.3 Å². The minimum atomic E-state index is -0.380. The second-order valence-electron chi connectivity index (χ2n) is 6.79. The lowest BCUT2D eigenvalue weighted by atomic mass is 10.3. The summed E-state index contributed by atoms with van der Waals surface area (Å²) < 4.78 is 14.1. The maximum absolute atomic E-state index is 14.1. The van der Waals surface area contributed by atoms with Crippen molar-refractivity contribution in [3.05, 3.63) is 34.9 Å². The summed E-state index contributed by atoms with van der Waals surface area (Å²) in [6.07, 6.45) is 3.92. The van der Waals surface area contributed by atoms with E-state index < -0.39 is 0 Å². The number of pyridine rings is 1. The molecule has 2 aromatic heterocycles. The smallest absolute Gasteiger partial charge is 0.227 e. The summed E-state index contributed by atoms with van der Waals surface area (Å²) in [7, 11) is 0. The Labute approximate surface area is 157 Å². The van der Waals surface area contributed by atoms with Gasteiger partial charge in [0, 0.05) is 57.2 Å². The number of aromatic nitrogens is 3. The highest BCUT2D eigenvalue weighted by atomic mass is 35.5. The highest BCUT2D eigenvalue weighted by Crippen LogP contribution is 2.24. The summed E-state index contributed by atoms with van der Waals surface area (Å²) in [6, 6.07) is 3.36. The average molecular weight is 377 g/mol. The first-order valence-corrected chi connectivity index (χ1v) is 9.39. The number of rotatable bonds is 3. The Kier molecular flexibility index (Phi) is 4.80. The van der Waals surface area contributed by atoms with Crippen LogP contribution < -0.4 is 14.7 Å². The van der Waals surface area contributed by atoms with Crippen LogP contribution in [0, 0.1) is 12.7 Å². The van der Waals surface area contributed by atoms with Crippen LogP contribution in [0.5, 0.6) is 0 Å². The van der Waals surface area contributed by atoms with Crippen LogP contribution in [0.25, 0.3) is 0 Å². The summed E-state index contributed by atoms with van der Waals surface area (Å²) in [5.41, 5.74) is 0.977. The molecule has 0 aromatic carbocycles. The molecule has 138 valence electrons. The van der Waals surface area contributed by atoms with Gasteiger partial charge in [0.1, 0.15) is 5.82 Å². The maximum Gasteiger partial charge on any atom is 0.227 e. The first-order chi connectivity index (χ1) is 12.6. The van der Waals surface area contributed by atoms with E-state index in [1.165, 1.54) is 25.1 Å². The normalized spacial score (nSPS) is 17.9. The molecule has 2 aliphatic heterocycles. The van der Waals surface area contributed by atoms with Gasteiger partial charge in [-0.25, -0.2) is 14.4 Å². The molecule has 2 fully saturated rings. The van der Waals surface area contributed by atoms with Crippen LogP contribution in [0.4, 0.5) is 22.0 Å². The van der Waals surface area contributed by atoms with Gasteiger partial charge in [-0.1, -0.05) is 11.6 Å². The molecule has 4 heterocycles. The Bertz CT molecular complexity index is 787. The minimum Gasteiger partial charge on any atom is -0.356 e. The van der Waals surface area contributed by atoms with Gasteiger partial charge < -0.3 is 14.7 Å². The molecule has 0 spiro atoms. The van der Waals surface area contributed by atoms with Crippen molar-refractivity contribution in [2.24, 2.45) is 0 Å². The summed E-state index contributed by atoms with van der Waals surface area (Å²) in [5, 5.41) is 0.312. The zero-order chi connectivity index (χ0) is 18.1. The quantitative estimate of drug-likeness (QED) is 0.821. The number of hydrogen-bond acceptors (Lipinski definition) is 6. The molecule has 2 saturated heterocycles. The standard InChI is InChI=1S/C18H22ClFN6/c1-13-10-16(24-4-2-3-5-24)23-18(22-13)26-8-6-25(7-9-26)17-15(20)11-14(19)12-21-17/h10-12H,2-9H2,1H3. The Morgan fingerprint density at radius 1 is 0.923 bits per heavy atom. The van der Waals surface area contributed by atoms with Crippen molar-refractivity contribution < 1.29 is 4.39 Å². The van der Waals surface area contributed by atoms with Crippen LogP contribution >= 0.6 is 11.6 Å². The minimum absolute atomic E-state index is 0.312. The van der Waals surface area contributed by atoms with Crippen LogP contribution in [0.2, 0.25) is 5.02 Å². The second-order valence-corrected chi connectivity index (χ2v) is 7.23. The second kappa shape index (κ2) is 7.23. The lowest BCUT2D eigenvalue weighted by Crippen LogP contribution is -2.47. The third-order valence-corrected chi connectivity index (χ3v) is 5.12.